The van der Waals surface area contributed by atoms with Crippen LogP contribution in [0.5, 0.6) is 0 Å². The fraction of sp³-hybridized carbons (Fsp3) is 0.500. The minimum Gasteiger partial charge on any atom is -0.311 e. The standard InChI is InChI=1S/C10H14N2O.C2H6.H2/c1-3-11-7-10-6-9(8(2)13)4-5-12-10;1-2;/h4-6,11H,3,7H2,1-2H3;1-2H3;1H. The van der Waals surface area contributed by atoms with Crippen LogP contribution in [0.1, 0.15) is 45.2 Å². The van der Waals surface area contributed by atoms with Gasteiger partial charge in [0.25, 0.3) is 0 Å². The lowest BCUT2D eigenvalue weighted by molar-refractivity contribution is 0.101. The Morgan fingerprint density at radius 2 is 2.20 bits per heavy atom. The summed E-state index contributed by atoms with van der Waals surface area (Å²) in [7, 11) is 0. The van der Waals surface area contributed by atoms with E-state index < -0.39 is 0 Å². The van der Waals surface area contributed by atoms with Crippen molar-refractivity contribution < 1.29 is 6.22 Å². The predicted molar refractivity (Wildman–Crippen MR) is 65.1 cm³/mol. The molecule has 86 valence electrons. The van der Waals surface area contributed by atoms with Gasteiger partial charge in [0.15, 0.2) is 5.78 Å². The van der Waals surface area contributed by atoms with Crippen LogP contribution >= 0.6 is 0 Å². The molecule has 3 nitrogen and oxygen atoms in total. The third-order valence-corrected chi connectivity index (χ3v) is 1.78. The Balaban J connectivity index is 0. The van der Waals surface area contributed by atoms with Gasteiger partial charge in [-0.15, -0.1) is 0 Å². The Hall–Kier alpha value is -1.22. The first-order valence-electron chi connectivity index (χ1n) is 5.40. The summed E-state index contributed by atoms with van der Waals surface area (Å²) in [4.78, 5) is 15.2. The van der Waals surface area contributed by atoms with E-state index in [9.17, 15) is 4.79 Å². The number of hydrogen-bond donors (Lipinski definition) is 1. The molecule has 0 saturated heterocycles. The fourth-order valence-electron chi connectivity index (χ4n) is 1.05. The average molecular weight is 210 g/mol. The highest BCUT2D eigenvalue weighted by Gasteiger charge is 2.00. The maximum Gasteiger partial charge on any atom is 0.159 e. The molecule has 0 saturated carbocycles. The predicted octanol–water partition coefficient (Wildman–Crippen LogP) is 2.67. The molecule has 0 atom stereocenters. The van der Waals surface area contributed by atoms with Crippen LogP contribution in [0.3, 0.4) is 0 Å². The highest BCUT2D eigenvalue weighted by Crippen LogP contribution is 2.02. The molecule has 1 aromatic rings. The zero-order valence-electron chi connectivity index (χ0n) is 10.0. The van der Waals surface area contributed by atoms with Crippen LogP contribution in [0.4, 0.5) is 0 Å². The first-order chi connectivity index (χ1) is 7.24. The first-order valence-corrected chi connectivity index (χ1v) is 5.40. The summed E-state index contributed by atoms with van der Waals surface area (Å²) in [5.74, 6) is 0.0835. The van der Waals surface area contributed by atoms with E-state index in [1.807, 2.05) is 26.8 Å². The number of aromatic nitrogens is 1. The zero-order valence-corrected chi connectivity index (χ0v) is 10.0. The maximum absolute atomic E-state index is 11.0. The SMILES string of the molecule is CC.CCNCc1cc(C(C)=O)ccn1.[HH]. The summed E-state index contributed by atoms with van der Waals surface area (Å²) in [6.07, 6.45) is 1.67. The van der Waals surface area contributed by atoms with Gasteiger partial charge < -0.3 is 5.32 Å². The summed E-state index contributed by atoms with van der Waals surface area (Å²) < 4.78 is 0. The highest BCUT2D eigenvalue weighted by molar-refractivity contribution is 5.93. The minimum absolute atomic E-state index is 0. The van der Waals surface area contributed by atoms with Crippen molar-refractivity contribution in [3.8, 4) is 0 Å². The second-order valence-electron chi connectivity index (χ2n) is 2.87. The first kappa shape index (κ1) is 13.8. The van der Waals surface area contributed by atoms with Crippen molar-refractivity contribution in [3.63, 3.8) is 0 Å². The van der Waals surface area contributed by atoms with Gasteiger partial charge in [-0.05, 0) is 25.6 Å². The molecule has 0 fully saturated rings. The van der Waals surface area contributed by atoms with Crippen LogP contribution in [-0.2, 0) is 6.54 Å². The normalized spacial score (nSPS) is 9.07. The molecule has 0 aromatic carbocycles. The number of nitrogens with one attached hydrogen (secondary N) is 1. The summed E-state index contributed by atoms with van der Waals surface area (Å²) in [6.45, 7) is 9.23. The van der Waals surface area contributed by atoms with E-state index in [-0.39, 0.29) is 7.21 Å². The van der Waals surface area contributed by atoms with Crippen molar-refractivity contribution in [1.29, 1.82) is 0 Å². The maximum atomic E-state index is 11.0. The van der Waals surface area contributed by atoms with E-state index >= 15 is 0 Å². The van der Waals surface area contributed by atoms with Crippen molar-refractivity contribution in [1.82, 2.24) is 10.3 Å². The number of nitrogens with zero attached hydrogens (tertiary/aromatic N) is 1. The molecular formula is C12H22N2O. The second kappa shape index (κ2) is 8.12. The lowest BCUT2D eigenvalue weighted by Crippen LogP contribution is -2.13. The van der Waals surface area contributed by atoms with Gasteiger partial charge in [-0.2, -0.15) is 0 Å². The van der Waals surface area contributed by atoms with Crippen molar-refractivity contribution in [2.75, 3.05) is 6.54 Å². The summed E-state index contributed by atoms with van der Waals surface area (Å²) in [6, 6.07) is 3.56. The third-order valence-electron chi connectivity index (χ3n) is 1.78. The molecule has 0 spiro atoms. The second-order valence-corrected chi connectivity index (χ2v) is 2.87. The monoisotopic (exact) mass is 210 g/mol. The van der Waals surface area contributed by atoms with Gasteiger partial charge in [-0.25, -0.2) is 0 Å². The number of ketones is 1. The molecule has 1 heterocycles. The van der Waals surface area contributed by atoms with Gasteiger partial charge in [-0.1, -0.05) is 20.8 Å². The molecule has 0 aliphatic heterocycles. The Labute approximate surface area is 93.4 Å². The smallest absolute Gasteiger partial charge is 0.159 e. The molecular weight excluding hydrogens is 188 g/mol. The topological polar surface area (TPSA) is 42.0 Å². The minimum atomic E-state index is 0. The van der Waals surface area contributed by atoms with Crippen LogP contribution in [0.2, 0.25) is 0 Å². The fourth-order valence-corrected chi connectivity index (χ4v) is 1.05. The number of carbonyl (C=O) groups is 1. The third kappa shape index (κ3) is 5.27. The Kier molecular flexibility index (Phi) is 7.46. The molecule has 1 aromatic heterocycles. The van der Waals surface area contributed by atoms with Gasteiger partial charge in [0.1, 0.15) is 0 Å². The van der Waals surface area contributed by atoms with E-state index in [1.54, 1.807) is 19.2 Å². The van der Waals surface area contributed by atoms with E-state index in [1.165, 1.54) is 0 Å². The molecule has 0 radical (unpaired) electrons. The van der Waals surface area contributed by atoms with Crippen LogP contribution in [0, 0.1) is 0 Å². The van der Waals surface area contributed by atoms with E-state index in [0.717, 1.165) is 24.3 Å². The zero-order chi connectivity index (χ0) is 11.7. The van der Waals surface area contributed by atoms with Crippen molar-refractivity contribution in [3.05, 3.63) is 29.6 Å². The number of carbonyl (C=O) groups excluding carboxylic acids is 1. The molecule has 0 aliphatic carbocycles. The van der Waals surface area contributed by atoms with Gasteiger partial charge in [0, 0.05) is 19.7 Å². The van der Waals surface area contributed by atoms with Crippen LogP contribution in [0.25, 0.3) is 0 Å². The number of Topliss-reactive ketones (excluding diaryl/α,β-unsaturated/α-hetero) is 1. The largest absolute Gasteiger partial charge is 0.311 e. The molecule has 0 aliphatic rings. The lowest BCUT2D eigenvalue weighted by atomic mass is 10.1. The summed E-state index contributed by atoms with van der Waals surface area (Å²) in [5, 5.41) is 3.16. The molecule has 15 heavy (non-hydrogen) atoms. The highest BCUT2D eigenvalue weighted by atomic mass is 16.1. The summed E-state index contributed by atoms with van der Waals surface area (Å²) in [5.41, 5.74) is 1.64. The molecule has 0 bridgehead atoms. The molecule has 0 unspecified atom stereocenters. The molecule has 0 amide bonds. The Morgan fingerprint density at radius 1 is 1.53 bits per heavy atom. The molecule has 1 N–H and O–H groups in total. The van der Waals surface area contributed by atoms with E-state index in [4.69, 9.17) is 0 Å². The van der Waals surface area contributed by atoms with Gasteiger partial charge >= 0.3 is 0 Å². The van der Waals surface area contributed by atoms with Gasteiger partial charge in [0.05, 0.1) is 5.69 Å². The summed E-state index contributed by atoms with van der Waals surface area (Å²) >= 11 is 0. The Bertz CT molecular complexity index is 303. The molecule has 1 rings (SSSR count). The number of pyridine rings is 1. The Morgan fingerprint density at radius 3 is 2.73 bits per heavy atom. The van der Waals surface area contributed by atoms with Crippen LogP contribution in [-0.4, -0.2) is 17.3 Å². The average Bonchev–Trinajstić information content (AvgIpc) is 2.29. The van der Waals surface area contributed by atoms with Crippen molar-refractivity contribution >= 4 is 5.78 Å². The number of rotatable bonds is 4. The lowest BCUT2D eigenvalue weighted by Gasteiger charge is -2.02. The quantitative estimate of drug-likeness (QED) is 0.777. The van der Waals surface area contributed by atoms with Crippen LogP contribution in [0.15, 0.2) is 18.3 Å². The van der Waals surface area contributed by atoms with Gasteiger partial charge in [0.2, 0.25) is 0 Å². The number of hydrogen-bond acceptors (Lipinski definition) is 3. The van der Waals surface area contributed by atoms with Crippen molar-refractivity contribution in [2.45, 2.75) is 34.2 Å². The molecule has 3 heteroatoms. The van der Waals surface area contributed by atoms with E-state index in [0.29, 0.717) is 0 Å². The van der Waals surface area contributed by atoms with Gasteiger partial charge in [-0.3, -0.25) is 9.78 Å². The van der Waals surface area contributed by atoms with E-state index in [2.05, 4.69) is 10.3 Å². The van der Waals surface area contributed by atoms with Crippen molar-refractivity contribution in [2.24, 2.45) is 0 Å². The van der Waals surface area contributed by atoms with Crippen LogP contribution < -0.4 is 5.32 Å².